The lowest BCUT2D eigenvalue weighted by molar-refractivity contribution is -0.385. The molecule has 0 N–H and O–H groups in total. The van der Waals surface area contributed by atoms with E-state index in [-0.39, 0.29) is 21.2 Å². The monoisotopic (exact) mass is 384 g/mol. The van der Waals surface area contributed by atoms with Gasteiger partial charge < -0.3 is 9.80 Å². The highest BCUT2D eigenvalue weighted by Crippen LogP contribution is 2.24. The Morgan fingerprint density at radius 3 is 1.93 bits per heavy atom. The van der Waals surface area contributed by atoms with Crippen LogP contribution >= 0.6 is 0 Å². The van der Waals surface area contributed by atoms with Gasteiger partial charge in [0.1, 0.15) is 0 Å². The number of rotatable bonds is 7. The van der Waals surface area contributed by atoms with E-state index < -0.39 is 0 Å². The van der Waals surface area contributed by atoms with E-state index in [1.165, 1.54) is 0 Å². The maximum Gasteiger partial charge on any atom is 0.269 e. The molecule has 1 aliphatic rings. The molecule has 1 heterocycles. The Bertz CT molecular complexity index is 815. The second-order valence-electron chi connectivity index (χ2n) is 7.15. The zero-order valence-corrected chi connectivity index (χ0v) is 15.9. The maximum absolute atomic E-state index is 10.8. The van der Waals surface area contributed by atoms with Crippen molar-refractivity contribution in [3.8, 4) is 0 Å². The average Bonchev–Trinajstić information content (AvgIpc) is 2.72. The van der Waals surface area contributed by atoms with Gasteiger partial charge in [0.25, 0.3) is 11.4 Å². The van der Waals surface area contributed by atoms with Crippen LogP contribution in [-0.2, 0) is 6.42 Å². The first kappa shape index (κ1) is 19.8. The first-order valence-electron chi connectivity index (χ1n) is 9.37. The summed E-state index contributed by atoms with van der Waals surface area (Å²) in [7, 11) is 2.12. The first-order valence-corrected chi connectivity index (χ1v) is 9.37. The molecule has 2 aromatic rings. The SMILES string of the molecule is CN(CCc1ccc([N+](=O)[O-])cc1)C1CCN(c2ccc([N+](=O)[O-])cc2)CC1. The number of likely N-dealkylation sites (N-methyl/N-ethyl adjacent to an activating group) is 1. The Hall–Kier alpha value is -3.00. The quantitative estimate of drug-likeness (QED) is 0.534. The number of anilines is 1. The van der Waals surface area contributed by atoms with Crippen LogP contribution in [0.3, 0.4) is 0 Å². The number of non-ortho nitro benzene ring substituents is 2. The molecule has 0 spiro atoms. The lowest BCUT2D eigenvalue weighted by atomic mass is 10.0. The molecule has 148 valence electrons. The molecule has 1 fully saturated rings. The standard InChI is InChI=1S/C20H24N4O4/c1-21(13-10-16-2-4-19(5-3-16)23(25)26)17-11-14-22(15-12-17)18-6-8-20(9-7-18)24(27)28/h2-9,17H,10-15H2,1H3. The van der Waals surface area contributed by atoms with Crippen molar-refractivity contribution in [2.75, 3.05) is 31.6 Å². The van der Waals surface area contributed by atoms with Crippen LogP contribution in [0.5, 0.6) is 0 Å². The third-order valence-corrected chi connectivity index (χ3v) is 5.41. The van der Waals surface area contributed by atoms with Crippen LogP contribution < -0.4 is 4.90 Å². The topological polar surface area (TPSA) is 92.8 Å². The molecule has 0 aliphatic carbocycles. The van der Waals surface area contributed by atoms with E-state index in [4.69, 9.17) is 0 Å². The molecule has 0 unspecified atom stereocenters. The highest BCUT2D eigenvalue weighted by Gasteiger charge is 2.22. The minimum absolute atomic E-state index is 0.115. The molecule has 2 aromatic carbocycles. The smallest absolute Gasteiger partial charge is 0.269 e. The number of nitro groups is 2. The molecule has 0 atom stereocenters. The van der Waals surface area contributed by atoms with Crippen LogP contribution in [0, 0.1) is 20.2 Å². The number of benzene rings is 2. The first-order chi connectivity index (χ1) is 13.4. The van der Waals surface area contributed by atoms with E-state index >= 15 is 0 Å². The van der Waals surface area contributed by atoms with Crippen molar-refractivity contribution < 1.29 is 9.85 Å². The second kappa shape index (κ2) is 8.79. The summed E-state index contributed by atoms with van der Waals surface area (Å²) in [4.78, 5) is 25.4. The van der Waals surface area contributed by atoms with Crippen LogP contribution in [0.2, 0.25) is 0 Å². The predicted molar refractivity (Wildman–Crippen MR) is 108 cm³/mol. The Kier molecular flexibility index (Phi) is 6.20. The van der Waals surface area contributed by atoms with E-state index in [0.717, 1.165) is 50.1 Å². The van der Waals surface area contributed by atoms with E-state index in [0.29, 0.717) is 6.04 Å². The molecule has 8 heteroatoms. The van der Waals surface area contributed by atoms with Gasteiger partial charge in [-0.3, -0.25) is 20.2 Å². The highest BCUT2D eigenvalue weighted by molar-refractivity contribution is 5.51. The summed E-state index contributed by atoms with van der Waals surface area (Å²) in [6, 6.07) is 14.0. The van der Waals surface area contributed by atoms with Gasteiger partial charge in [-0.1, -0.05) is 12.1 Å². The average molecular weight is 384 g/mol. The van der Waals surface area contributed by atoms with Gasteiger partial charge in [-0.2, -0.15) is 0 Å². The summed E-state index contributed by atoms with van der Waals surface area (Å²) >= 11 is 0. The summed E-state index contributed by atoms with van der Waals surface area (Å²) in [6.45, 7) is 2.74. The number of piperidine rings is 1. The molecule has 3 rings (SSSR count). The van der Waals surface area contributed by atoms with Crippen molar-refractivity contribution in [1.82, 2.24) is 4.90 Å². The lowest BCUT2D eigenvalue weighted by Crippen LogP contribution is -2.44. The zero-order valence-electron chi connectivity index (χ0n) is 15.9. The van der Waals surface area contributed by atoms with Crippen LogP contribution in [0.4, 0.5) is 17.1 Å². The van der Waals surface area contributed by atoms with Crippen molar-refractivity contribution in [3.05, 3.63) is 74.3 Å². The lowest BCUT2D eigenvalue weighted by Gasteiger charge is -2.38. The molecular formula is C20H24N4O4. The van der Waals surface area contributed by atoms with E-state index in [9.17, 15) is 20.2 Å². The fraction of sp³-hybridized carbons (Fsp3) is 0.400. The number of hydrogen-bond donors (Lipinski definition) is 0. The maximum atomic E-state index is 10.8. The summed E-state index contributed by atoms with van der Waals surface area (Å²) in [5, 5.41) is 21.5. The van der Waals surface area contributed by atoms with Gasteiger partial charge in [0.15, 0.2) is 0 Å². The second-order valence-corrected chi connectivity index (χ2v) is 7.15. The van der Waals surface area contributed by atoms with E-state index in [1.54, 1.807) is 24.3 Å². The molecule has 0 saturated carbocycles. The van der Waals surface area contributed by atoms with Crippen molar-refractivity contribution >= 4 is 17.1 Å². The predicted octanol–water partition coefficient (Wildman–Crippen LogP) is 3.65. The summed E-state index contributed by atoms with van der Waals surface area (Å²) in [5.74, 6) is 0. The van der Waals surface area contributed by atoms with Crippen LogP contribution in [0.15, 0.2) is 48.5 Å². The summed E-state index contributed by atoms with van der Waals surface area (Å²) in [5.41, 5.74) is 2.36. The molecule has 28 heavy (non-hydrogen) atoms. The van der Waals surface area contributed by atoms with Crippen molar-refractivity contribution in [1.29, 1.82) is 0 Å². The molecule has 0 aromatic heterocycles. The molecule has 0 radical (unpaired) electrons. The molecule has 1 saturated heterocycles. The van der Waals surface area contributed by atoms with Gasteiger partial charge in [-0.05, 0) is 44.0 Å². The fourth-order valence-corrected chi connectivity index (χ4v) is 3.62. The Labute approximate surface area is 163 Å². The molecule has 0 amide bonds. The minimum atomic E-state index is -0.380. The number of hydrogen-bond acceptors (Lipinski definition) is 6. The van der Waals surface area contributed by atoms with E-state index in [1.807, 2.05) is 24.3 Å². The van der Waals surface area contributed by atoms with Crippen LogP contribution in [0.1, 0.15) is 18.4 Å². The van der Waals surface area contributed by atoms with Crippen molar-refractivity contribution in [2.45, 2.75) is 25.3 Å². The van der Waals surface area contributed by atoms with Crippen LogP contribution in [-0.4, -0.2) is 47.5 Å². The number of nitrogens with zero attached hydrogens (tertiary/aromatic N) is 4. The zero-order chi connectivity index (χ0) is 20.1. The minimum Gasteiger partial charge on any atom is -0.371 e. The Morgan fingerprint density at radius 1 is 0.929 bits per heavy atom. The van der Waals surface area contributed by atoms with Gasteiger partial charge in [-0.25, -0.2) is 0 Å². The molecule has 0 bridgehead atoms. The number of nitro benzene ring substituents is 2. The third kappa shape index (κ3) is 4.83. The Morgan fingerprint density at radius 2 is 1.43 bits per heavy atom. The van der Waals surface area contributed by atoms with Crippen LogP contribution in [0.25, 0.3) is 0 Å². The van der Waals surface area contributed by atoms with Gasteiger partial charge in [-0.15, -0.1) is 0 Å². The Balaban J connectivity index is 1.47. The van der Waals surface area contributed by atoms with E-state index in [2.05, 4.69) is 16.8 Å². The highest BCUT2D eigenvalue weighted by atomic mass is 16.6. The van der Waals surface area contributed by atoms with Crippen molar-refractivity contribution in [2.24, 2.45) is 0 Å². The summed E-state index contributed by atoms with van der Waals surface area (Å²) in [6.07, 6.45) is 2.93. The largest absolute Gasteiger partial charge is 0.371 e. The van der Waals surface area contributed by atoms with Gasteiger partial charge >= 0.3 is 0 Å². The normalized spacial score (nSPS) is 15.0. The van der Waals surface area contributed by atoms with Gasteiger partial charge in [0.05, 0.1) is 9.85 Å². The molecule has 1 aliphatic heterocycles. The van der Waals surface area contributed by atoms with Gasteiger partial charge in [0.2, 0.25) is 0 Å². The van der Waals surface area contributed by atoms with Crippen molar-refractivity contribution in [3.63, 3.8) is 0 Å². The molecule has 8 nitrogen and oxygen atoms in total. The fourth-order valence-electron chi connectivity index (χ4n) is 3.62. The third-order valence-electron chi connectivity index (χ3n) is 5.41. The molecular weight excluding hydrogens is 360 g/mol. The van der Waals surface area contributed by atoms with Gasteiger partial charge in [0, 0.05) is 55.6 Å². The summed E-state index contributed by atoms with van der Waals surface area (Å²) < 4.78 is 0.